The van der Waals surface area contributed by atoms with Crippen molar-refractivity contribution in [2.45, 2.75) is 71.9 Å². The molecule has 0 saturated carbocycles. The Morgan fingerprint density at radius 3 is 2.05 bits per heavy atom. The van der Waals surface area contributed by atoms with Crippen LogP contribution in [0.5, 0.6) is 5.75 Å². The number of amides is 1. The Balaban J connectivity index is 1.90. The SMILES string of the molecule is CCc1ccc(N2C(=O)C(OC(C)(C)C)=C(C(=O)c3ccc(C(C)C)cc3)C2c2ccc(OC(F)(F)F)cc2)nn1. The van der Waals surface area contributed by atoms with Crippen LogP contribution in [-0.4, -0.2) is 33.9 Å². The monoisotopic (exact) mass is 567 g/mol. The van der Waals surface area contributed by atoms with E-state index in [1.165, 1.54) is 17.0 Å². The van der Waals surface area contributed by atoms with Gasteiger partial charge in [0.15, 0.2) is 17.4 Å². The molecular formula is C31H32F3N3O4. The van der Waals surface area contributed by atoms with Crippen LogP contribution in [0.25, 0.3) is 0 Å². The second-order valence-electron chi connectivity index (χ2n) is 11.0. The summed E-state index contributed by atoms with van der Waals surface area (Å²) in [6, 6.07) is 14.4. The molecule has 0 aliphatic carbocycles. The summed E-state index contributed by atoms with van der Waals surface area (Å²) in [5, 5.41) is 8.42. The molecule has 1 aromatic heterocycles. The topological polar surface area (TPSA) is 81.6 Å². The zero-order chi connectivity index (χ0) is 30.1. The van der Waals surface area contributed by atoms with Crippen LogP contribution in [0.15, 0.2) is 72.0 Å². The molecule has 0 fully saturated rings. The Kier molecular flexibility index (Phi) is 8.24. The highest BCUT2D eigenvalue weighted by atomic mass is 19.4. The molecular weight excluding hydrogens is 535 g/mol. The maximum absolute atomic E-state index is 14.2. The van der Waals surface area contributed by atoms with Crippen molar-refractivity contribution in [2.75, 3.05) is 4.90 Å². The Labute approximate surface area is 237 Å². The number of Topliss-reactive ketones (excluding diaryl/α,β-unsaturated/α-hetero) is 1. The number of benzene rings is 2. The van der Waals surface area contributed by atoms with Gasteiger partial charge in [-0.3, -0.25) is 14.5 Å². The first-order valence-electron chi connectivity index (χ1n) is 13.3. The van der Waals surface area contributed by atoms with E-state index in [2.05, 4.69) is 14.9 Å². The average Bonchev–Trinajstić information content (AvgIpc) is 3.18. The minimum atomic E-state index is -4.87. The fourth-order valence-corrected chi connectivity index (χ4v) is 4.48. The molecule has 1 unspecified atom stereocenters. The number of ketones is 1. The first-order chi connectivity index (χ1) is 19.2. The van der Waals surface area contributed by atoms with Gasteiger partial charge in [-0.2, -0.15) is 5.10 Å². The molecule has 0 N–H and O–H groups in total. The number of aryl methyl sites for hydroxylation is 1. The van der Waals surface area contributed by atoms with Gasteiger partial charge in [-0.05, 0) is 68.5 Å². The highest BCUT2D eigenvalue weighted by Crippen LogP contribution is 2.44. The van der Waals surface area contributed by atoms with Crippen LogP contribution in [0, 0.1) is 0 Å². The minimum Gasteiger partial charge on any atom is -0.482 e. The van der Waals surface area contributed by atoms with Gasteiger partial charge in [0.25, 0.3) is 5.91 Å². The highest BCUT2D eigenvalue weighted by Gasteiger charge is 2.47. The second kappa shape index (κ2) is 11.3. The molecule has 0 saturated heterocycles. The number of halogens is 3. The van der Waals surface area contributed by atoms with E-state index in [1.54, 1.807) is 45.0 Å². The van der Waals surface area contributed by atoms with Crippen LogP contribution >= 0.6 is 0 Å². The molecule has 3 aromatic rings. The summed E-state index contributed by atoms with van der Waals surface area (Å²) in [6.07, 6.45) is -4.25. The van der Waals surface area contributed by atoms with Gasteiger partial charge in [-0.1, -0.05) is 57.2 Å². The molecule has 0 bridgehead atoms. The number of aromatic nitrogens is 2. The maximum atomic E-state index is 14.2. The molecule has 1 aliphatic rings. The number of hydrogen-bond acceptors (Lipinski definition) is 6. The van der Waals surface area contributed by atoms with Gasteiger partial charge in [-0.15, -0.1) is 18.3 Å². The molecule has 0 radical (unpaired) electrons. The van der Waals surface area contributed by atoms with Crippen molar-refractivity contribution in [3.05, 3.63) is 94.4 Å². The standard InChI is InChI=1S/C31H32F3N3O4/c1-7-22-14-17-24(36-35-22)37-26(20-12-15-23(16-13-20)40-31(32,33)34)25(28(29(37)39)41-30(4,5)6)27(38)21-10-8-19(9-11-21)18(2)3/h8-18,26H,7H2,1-6H3. The highest BCUT2D eigenvalue weighted by molar-refractivity contribution is 6.21. The van der Waals surface area contributed by atoms with Gasteiger partial charge in [0, 0.05) is 5.56 Å². The Bertz CT molecular complexity index is 1440. The van der Waals surface area contributed by atoms with Gasteiger partial charge < -0.3 is 9.47 Å². The zero-order valence-electron chi connectivity index (χ0n) is 23.7. The van der Waals surface area contributed by atoms with Gasteiger partial charge in [-0.25, -0.2) is 0 Å². The molecule has 2 aromatic carbocycles. The third-order valence-electron chi connectivity index (χ3n) is 6.43. The summed E-state index contributed by atoms with van der Waals surface area (Å²) in [4.78, 5) is 29.5. The number of nitrogens with zero attached hydrogens (tertiary/aromatic N) is 3. The largest absolute Gasteiger partial charge is 0.573 e. The van der Waals surface area contributed by atoms with E-state index in [0.29, 0.717) is 23.2 Å². The summed E-state index contributed by atoms with van der Waals surface area (Å²) < 4.78 is 48.6. The van der Waals surface area contributed by atoms with Gasteiger partial charge in [0.05, 0.1) is 17.3 Å². The predicted molar refractivity (Wildman–Crippen MR) is 147 cm³/mol. The van der Waals surface area contributed by atoms with E-state index in [1.807, 2.05) is 32.9 Å². The van der Waals surface area contributed by atoms with Crippen LogP contribution in [0.3, 0.4) is 0 Å². The fraction of sp³-hybridized carbons (Fsp3) is 0.355. The normalized spacial score (nSPS) is 16.0. The van der Waals surface area contributed by atoms with E-state index in [0.717, 1.165) is 17.7 Å². The average molecular weight is 568 g/mol. The predicted octanol–water partition coefficient (Wildman–Crippen LogP) is 7.10. The second-order valence-corrected chi connectivity index (χ2v) is 11.0. The molecule has 41 heavy (non-hydrogen) atoms. The number of carbonyl (C=O) groups excluding carboxylic acids is 2. The number of carbonyl (C=O) groups is 2. The Morgan fingerprint density at radius 2 is 1.56 bits per heavy atom. The van der Waals surface area contributed by atoms with Crippen LogP contribution in [0.4, 0.5) is 19.0 Å². The quantitative estimate of drug-likeness (QED) is 0.270. The molecule has 4 rings (SSSR count). The smallest absolute Gasteiger partial charge is 0.482 e. The van der Waals surface area contributed by atoms with Crippen molar-refractivity contribution < 1.29 is 32.2 Å². The third kappa shape index (κ3) is 6.75. The van der Waals surface area contributed by atoms with E-state index in [9.17, 15) is 22.8 Å². The Hall–Kier alpha value is -4.21. The molecule has 2 heterocycles. The summed E-state index contributed by atoms with van der Waals surface area (Å²) in [5.74, 6) is -1.23. The van der Waals surface area contributed by atoms with Crippen molar-refractivity contribution in [2.24, 2.45) is 0 Å². The van der Waals surface area contributed by atoms with Crippen molar-refractivity contribution >= 4 is 17.5 Å². The minimum absolute atomic E-state index is 0.0491. The van der Waals surface area contributed by atoms with Crippen molar-refractivity contribution in [3.63, 3.8) is 0 Å². The lowest BCUT2D eigenvalue weighted by atomic mass is 9.91. The number of anilines is 1. The number of alkyl halides is 3. The van der Waals surface area contributed by atoms with Gasteiger partial charge >= 0.3 is 6.36 Å². The van der Waals surface area contributed by atoms with E-state index < -0.39 is 35.4 Å². The van der Waals surface area contributed by atoms with Crippen LogP contribution < -0.4 is 9.64 Å². The van der Waals surface area contributed by atoms with Crippen LogP contribution in [0.2, 0.25) is 0 Å². The summed E-state index contributed by atoms with van der Waals surface area (Å²) >= 11 is 0. The fourth-order valence-electron chi connectivity index (χ4n) is 4.48. The number of hydrogen-bond donors (Lipinski definition) is 0. The first-order valence-corrected chi connectivity index (χ1v) is 13.3. The van der Waals surface area contributed by atoms with E-state index in [4.69, 9.17) is 4.74 Å². The van der Waals surface area contributed by atoms with E-state index in [-0.39, 0.29) is 23.1 Å². The molecule has 1 amide bonds. The maximum Gasteiger partial charge on any atom is 0.573 e. The lowest BCUT2D eigenvalue weighted by Gasteiger charge is -2.26. The molecule has 1 atom stereocenters. The van der Waals surface area contributed by atoms with Crippen LogP contribution in [0.1, 0.15) is 80.7 Å². The number of rotatable bonds is 8. The molecule has 1 aliphatic heterocycles. The lowest BCUT2D eigenvalue weighted by Crippen LogP contribution is -2.33. The van der Waals surface area contributed by atoms with Crippen LogP contribution in [-0.2, 0) is 16.0 Å². The van der Waals surface area contributed by atoms with Crippen molar-refractivity contribution in [1.82, 2.24) is 10.2 Å². The molecule has 7 nitrogen and oxygen atoms in total. The zero-order valence-corrected chi connectivity index (χ0v) is 23.7. The summed E-state index contributed by atoms with van der Waals surface area (Å²) in [7, 11) is 0. The molecule has 0 spiro atoms. The molecule has 216 valence electrons. The third-order valence-corrected chi connectivity index (χ3v) is 6.43. The van der Waals surface area contributed by atoms with Gasteiger partial charge in [0.2, 0.25) is 0 Å². The summed E-state index contributed by atoms with van der Waals surface area (Å²) in [5.41, 5.74) is 1.64. The molecule has 10 heteroatoms. The summed E-state index contributed by atoms with van der Waals surface area (Å²) in [6.45, 7) is 11.2. The Morgan fingerprint density at radius 1 is 0.927 bits per heavy atom. The van der Waals surface area contributed by atoms with Gasteiger partial charge in [0.1, 0.15) is 11.4 Å². The first kappa shape index (κ1) is 29.8. The van der Waals surface area contributed by atoms with Crippen molar-refractivity contribution in [1.29, 1.82) is 0 Å². The van der Waals surface area contributed by atoms with Crippen molar-refractivity contribution in [3.8, 4) is 5.75 Å². The number of ether oxygens (including phenoxy) is 2. The van der Waals surface area contributed by atoms with E-state index >= 15 is 0 Å². The lowest BCUT2D eigenvalue weighted by molar-refractivity contribution is -0.274.